The summed E-state index contributed by atoms with van der Waals surface area (Å²) in [6.07, 6.45) is 8.89. The van der Waals surface area contributed by atoms with Gasteiger partial charge in [0.15, 0.2) is 0 Å². The summed E-state index contributed by atoms with van der Waals surface area (Å²) in [6, 6.07) is 14.7. The smallest absolute Gasteiger partial charge is 0.306 e. The van der Waals surface area contributed by atoms with Gasteiger partial charge in [0.25, 0.3) is 5.91 Å². The molecule has 0 aliphatic carbocycles. The van der Waals surface area contributed by atoms with Crippen molar-refractivity contribution < 1.29 is 38.5 Å². The summed E-state index contributed by atoms with van der Waals surface area (Å²) in [5.41, 5.74) is 0.0172. The van der Waals surface area contributed by atoms with Gasteiger partial charge in [0.05, 0.1) is 31.1 Å². The number of allylic oxidation sites excluding steroid dienone is 1. The monoisotopic (exact) mass is 643 g/mol. The summed E-state index contributed by atoms with van der Waals surface area (Å²) >= 11 is 0. The first kappa shape index (κ1) is 32.5. The van der Waals surface area contributed by atoms with Crippen LogP contribution in [0.4, 0.5) is 5.69 Å². The zero-order valence-corrected chi connectivity index (χ0v) is 26.5. The van der Waals surface area contributed by atoms with Crippen molar-refractivity contribution in [2.24, 2.45) is 11.8 Å². The number of likely N-dealkylation sites (tertiary alicyclic amines) is 1. The van der Waals surface area contributed by atoms with E-state index >= 15 is 0 Å². The summed E-state index contributed by atoms with van der Waals surface area (Å²) in [6.45, 7) is 0.420. The Bertz CT molecular complexity index is 1530. The third kappa shape index (κ3) is 6.29. The molecule has 6 rings (SSSR count). The van der Waals surface area contributed by atoms with Gasteiger partial charge in [0.2, 0.25) is 11.8 Å². The maximum Gasteiger partial charge on any atom is 0.306 e. The minimum absolute atomic E-state index is 0.0358. The fourth-order valence-electron chi connectivity index (χ4n) is 7.21. The lowest BCUT2D eigenvalue weighted by molar-refractivity contribution is -0.145. The maximum absolute atomic E-state index is 14.8. The molecule has 1 spiro atoms. The minimum atomic E-state index is -1.34. The third-order valence-corrected chi connectivity index (χ3v) is 9.52. The van der Waals surface area contributed by atoms with Crippen molar-refractivity contribution in [1.82, 2.24) is 10.2 Å². The topological polar surface area (TPSA) is 135 Å². The average Bonchev–Trinajstić information content (AvgIpc) is 3.73. The highest BCUT2D eigenvalue weighted by atomic mass is 16.5. The Morgan fingerprint density at radius 3 is 2.51 bits per heavy atom. The summed E-state index contributed by atoms with van der Waals surface area (Å²) in [5, 5.41) is 12.4. The van der Waals surface area contributed by atoms with Crippen LogP contribution in [-0.2, 0) is 28.7 Å². The highest BCUT2D eigenvalue weighted by Crippen LogP contribution is 2.55. The predicted octanol–water partition coefficient (Wildman–Crippen LogP) is 3.09. The number of methoxy groups -OCH3 is 1. The van der Waals surface area contributed by atoms with Crippen LogP contribution in [0.5, 0.6) is 5.75 Å². The van der Waals surface area contributed by atoms with Crippen LogP contribution in [-0.4, -0.2) is 84.9 Å². The van der Waals surface area contributed by atoms with Crippen molar-refractivity contribution in [2.45, 2.75) is 55.9 Å². The molecule has 11 heteroatoms. The van der Waals surface area contributed by atoms with Gasteiger partial charge in [-0.25, -0.2) is 0 Å². The molecule has 0 saturated carbocycles. The molecule has 4 aliphatic heterocycles. The fourth-order valence-corrected chi connectivity index (χ4v) is 7.21. The van der Waals surface area contributed by atoms with Crippen LogP contribution < -0.4 is 15.0 Å². The number of ether oxygens (including phenoxy) is 3. The Labute approximate surface area is 274 Å². The molecule has 2 fully saturated rings. The summed E-state index contributed by atoms with van der Waals surface area (Å²) in [5.74, 6) is -2.65. The number of hydrogen-bond acceptors (Lipinski definition) is 8. The number of benzene rings is 2. The van der Waals surface area contributed by atoms with Gasteiger partial charge in [-0.3, -0.25) is 19.2 Å². The number of carbonyl (C=O) groups is 4. The second kappa shape index (κ2) is 14.1. The molecular weight excluding hydrogens is 602 g/mol. The Kier molecular flexibility index (Phi) is 9.74. The van der Waals surface area contributed by atoms with Gasteiger partial charge in [0.1, 0.15) is 24.0 Å². The van der Waals surface area contributed by atoms with Gasteiger partial charge in [0, 0.05) is 31.8 Å². The Morgan fingerprint density at radius 2 is 1.77 bits per heavy atom. The molecule has 5 bridgehead atoms. The molecule has 2 N–H and O–H groups in total. The lowest BCUT2D eigenvalue weighted by Gasteiger charge is -2.36. The number of anilines is 1. The molecule has 0 unspecified atom stereocenters. The number of nitrogens with one attached hydrogen (secondary N) is 1. The predicted molar refractivity (Wildman–Crippen MR) is 172 cm³/mol. The van der Waals surface area contributed by atoms with Crippen LogP contribution in [0.1, 0.15) is 43.7 Å². The molecule has 47 heavy (non-hydrogen) atoms. The van der Waals surface area contributed by atoms with Crippen LogP contribution >= 0.6 is 0 Å². The lowest BCUT2D eigenvalue weighted by atomic mass is 9.74. The third-order valence-electron chi connectivity index (χ3n) is 9.52. The molecule has 4 heterocycles. The normalized spacial score (nSPS) is 29.9. The number of carbonyl (C=O) groups excluding carboxylic acids is 4. The number of hydrogen-bond donors (Lipinski definition) is 2. The van der Waals surface area contributed by atoms with E-state index < -0.39 is 47.5 Å². The largest absolute Gasteiger partial charge is 0.497 e. The molecule has 2 aromatic carbocycles. The molecule has 2 saturated heterocycles. The number of rotatable bonds is 8. The molecule has 0 aromatic heterocycles. The van der Waals surface area contributed by atoms with E-state index in [1.165, 1.54) is 0 Å². The number of amides is 3. The van der Waals surface area contributed by atoms with E-state index in [0.29, 0.717) is 37.1 Å². The molecule has 0 radical (unpaired) electrons. The zero-order chi connectivity index (χ0) is 33.0. The molecule has 3 amide bonds. The molecule has 2 aromatic rings. The lowest BCUT2D eigenvalue weighted by Crippen LogP contribution is -2.56. The van der Waals surface area contributed by atoms with Gasteiger partial charge in [-0.05, 0) is 55.5 Å². The number of unbranched alkanes of at least 4 members (excludes halogenated alkanes) is 2. The first-order valence-electron chi connectivity index (χ1n) is 16.3. The molecule has 6 atom stereocenters. The van der Waals surface area contributed by atoms with Crippen molar-refractivity contribution in [3.05, 3.63) is 84.5 Å². The fraction of sp³-hybridized carbons (Fsp3) is 0.444. The number of esters is 1. The number of aliphatic hydroxyl groups excluding tert-OH is 1. The van der Waals surface area contributed by atoms with Crippen LogP contribution in [0.2, 0.25) is 0 Å². The van der Waals surface area contributed by atoms with Crippen molar-refractivity contribution >= 4 is 29.4 Å². The van der Waals surface area contributed by atoms with Crippen LogP contribution in [0.3, 0.4) is 0 Å². The zero-order valence-electron chi connectivity index (χ0n) is 26.5. The maximum atomic E-state index is 14.8. The summed E-state index contributed by atoms with van der Waals surface area (Å²) in [7, 11) is 1.57. The standard InChI is InChI=1S/C36H41N3O8/c1-45-26-16-14-25(15-17-26)38-20-8-3-7-13-29(41)46-23-27(24-11-5-2-6-12-24)37-33(42)30-28-18-19-36(47-28)31(30)34(43)39(32(36)35(38)44)21-9-4-10-22-40/h2-3,5-6,8,11-12,14-19,27-28,30-32,40H,4,7,9-10,13,20-23H2,1H3,(H,37,42)/b8-3-/t27-,28-,30+,31+,32-,36+/m0/s1. The van der Waals surface area contributed by atoms with Crippen LogP contribution in [0, 0.1) is 11.8 Å². The highest BCUT2D eigenvalue weighted by molar-refractivity contribution is 6.05. The van der Waals surface area contributed by atoms with Crippen molar-refractivity contribution in [3.63, 3.8) is 0 Å². The van der Waals surface area contributed by atoms with Crippen LogP contribution in [0.15, 0.2) is 78.9 Å². The number of fused-ring (bicyclic) bond motifs is 2. The number of aliphatic hydroxyl groups is 1. The van der Waals surface area contributed by atoms with E-state index in [2.05, 4.69) is 5.32 Å². The van der Waals surface area contributed by atoms with E-state index in [-0.39, 0.29) is 44.5 Å². The molecule has 248 valence electrons. The number of nitrogens with zero attached hydrogens (tertiary/aromatic N) is 2. The minimum Gasteiger partial charge on any atom is -0.497 e. The van der Waals surface area contributed by atoms with Crippen molar-refractivity contribution in [3.8, 4) is 5.75 Å². The summed E-state index contributed by atoms with van der Waals surface area (Å²) in [4.78, 5) is 59.3. The SMILES string of the molecule is COc1ccc(N2C/C=C\CCC(=O)OC[C@@H](c3ccccc3)NC(=O)[C@@H]3[C@@H]4C=C[C@]5(O4)[C@H](C2=O)N(CCCCCO)C(=O)[C@@H]35)cc1. The average molecular weight is 644 g/mol. The first-order chi connectivity index (χ1) is 22.9. The van der Waals surface area contributed by atoms with Gasteiger partial charge < -0.3 is 34.4 Å². The van der Waals surface area contributed by atoms with Gasteiger partial charge in [-0.15, -0.1) is 0 Å². The second-order valence-electron chi connectivity index (χ2n) is 12.3. The van der Waals surface area contributed by atoms with Crippen LogP contribution in [0.25, 0.3) is 0 Å². The summed E-state index contributed by atoms with van der Waals surface area (Å²) < 4.78 is 17.5. The Hall–Kier alpha value is -4.48. The van der Waals surface area contributed by atoms with E-state index in [1.54, 1.807) is 53.3 Å². The quantitative estimate of drug-likeness (QED) is 0.255. The van der Waals surface area contributed by atoms with Gasteiger partial charge >= 0.3 is 5.97 Å². The first-order valence-corrected chi connectivity index (χ1v) is 16.3. The van der Waals surface area contributed by atoms with E-state index in [1.807, 2.05) is 42.5 Å². The Morgan fingerprint density at radius 1 is 0.979 bits per heavy atom. The van der Waals surface area contributed by atoms with Crippen molar-refractivity contribution in [1.29, 1.82) is 0 Å². The highest BCUT2D eigenvalue weighted by Gasteiger charge is 2.73. The molecule has 4 aliphatic rings. The van der Waals surface area contributed by atoms with Gasteiger partial charge in [-0.2, -0.15) is 0 Å². The van der Waals surface area contributed by atoms with Gasteiger partial charge in [-0.1, -0.05) is 54.6 Å². The van der Waals surface area contributed by atoms with E-state index in [0.717, 1.165) is 5.56 Å². The molecule has 11 nitrogen and oxygen atoms in total. The number of cyclic esters (lactones) is 1. The van der Waals surface area contributed by atoms with E-state index in [9.17, 15) is 24.3 Å². The Balaban J connectivity index is 1.40. The van der Waals surface area contributed by atoms with E-state index in [4.69, 9.17) is 14.2 Å². The molecular formula is C36H41N3O8. The second-order valence-corrected chi connectivity index (χ2v) is 12.3. The van der Waals surface area contributed by atoms with Crippen molar-refractivity contribution in [2.75, 3.05) is 38.3 Å².